The molecule has 0 saturated carbocycles. The van der Waals surface area contributed by atoms with E-state index in [2.05, 4.69) is 4.74 Å². The van der Waals surface area contributed by atoms with Gasteiger partial charge in [-0.2, -0.15) is 5.06 Å². The van der Waals surface area contributed by atoms with Crippen LogP contribution in [0.3, 0.4) is 0 Å². The molecule has 0 heterocycles. The van der Waals surface area contributed by atoms with Gasteiger partial charge in [0, 0.05) is 7.05 Å². The molecule has 0 bridgehead atoms. The van der Waals surface area contributed by atoms with Gasteiger partial charge in [-0.05, 0) is 13.8 Å². The van der Waals surface area contributed by atoms with Crippen molar-refractivity contribution in [3.8, 4) is 0 Å². The maximum atomic E-state index is 10.7. The Morgan fingerprint density at radius 1 is 1.40 bits per heavy atom. The van der Waals surface area contributed by atoms with Crippen molar-refractivity contribution in [3.05, 3.63) is 0 Å². The molecule has 0 N–H and O–H groups in total. The van der Waals surface area contributed by atoms with Gasteiger partial charge in [-0.3, -0.25) is 4.84 Å². The van der Waals surface area contributed by atoms with Crippen LogP contribution in [-0.2, 0) is 9.57 Å². The highest BCUT2D eigenvalue weighted by atomic mass is 16.7. The molecule has 10 heavy (non-hydrogen) atoms. The van der Waals surface area contributed by atoms with E-state index < -0.39 is 6.09 Å². The third-order valence-electron chi connectivity index (χ3n) is 0.848. The summed E-state index contributed by atoms with van der Waals surface area (Å²) in [6.07, 6.45) is -0.454. The van der Waals surface area contributed by atoms with E-state index in [0.717, 1.165) is 5.06 Å². The lowest BCUT2D eigenvalue weighted by molar-refractivity contribution is -0.113. The number of hydrogen-bond donors (Lipinski definition) is 0. The summed E-state index contributed by atoms with van der Waals surface area (Å²) >= 11 is 0. The quantitative estimate of drug-likeness (QED) is 0.559. The number of nitrogens with zero attached hydrogens (tertiary/aromatic N) is 1. The molecule has 0 rings (SSSR count). The molecule has 0 aromatic heterocycles. The summed E-state index contributed by atoms with van der Waals surface area (Å²) in [6, 6.07) is 0. The standard InChI is InChI=1S/C6H13NO3/c1-4-9-6(8)7(3)10-5-2/h4-5H2,1-3H3. The number of rotatable bonds is 3. The van der Waals surface area contributed by atoms with Crippen LogP contribution in [0.2, 0.25) is 0 Å². The lowest BCUT2D eigenvalue weighted by Gasteiger charge is -2.13. The van der Waals surface area contributed by atoms with Crippen molar-refractivity contribution >= 4 is 6.09 Å². The molecule has 0 spiro atoms. The Bertz CT molecular complexity index is 105. The molecule has 0 saturated heterocycles. The highest BCUT2D eigenvalue weighted by Gasteiger charge is 2.07. The van der Waals surface area contributed by atoms with Crippen LogP contribution in [0.4, 0.5) is 4.79 Å². The van der Waals surface area contributed by atoms with Crippen molar-refractivity contribution in [2.45, 2.75) is 13.8 Å². The molecule has 1 amide bonds. The maximum Gasteiger partial charge on any atom is 0.433 e. The molecular weight excluding hydrogens is 134 g/mol. The first-order valence-electron chi connectivity index (χ1n) is 3.25. The summed E-state index contributed by atoms with van der Waals surface area (Å²) in [5.74, 6) is 0. The second-order valence-corrected chi connectivity index (χ2v) is 1.61. The van der Waals surface area contributed by atoms with E-state index in [4.69, 9.17) is 4.84 Å². The third-order valence-corrected chi connectivity index (χ3v) is 0.848. The number of carbonyl (C=O) groups is 1. The molecule has 0 aromatic rings. The van der Waals surface area contributed by atoms with E-state index in [1.165, 1.54) is 7.05 Å². The topological polar surface area (TPSA) is 38.8 Å². The van der Waals surface area contributed by atoms with Crippen LogP contribution in [0, 0.1) is 0 Å². The Morgan fingerprint density at radius 2 is 2.00 bits per heavy atom. The minimum absolute atomic E-state index is 0.371. The number of amides is 1. The monoisotopic (exact) mass is 147 g/mol. The number of carbonyl (C=O) groups excluding carboxylic acids is 1. The van der Waals surface area contributed by atoms with E-state index in [9.17, 15) is 4.79 Å². The van der Waals surface area contributed by atoms with Gasteiger partial charge < -0.3 is 4.74 Å². The van der Waals surface area contributed by atoms with Crippen LogP contribution >= 0.6 is 0 Å². The lowest BCUT2D eigenvalue weighted by Crippen LogP contribution is -2.27. The zero-order valence-corrected chi connectivity index (χ0v) is 6.59. The van der Waals surface area contributed by atoms with E-state index in [1.54, 1.807) is 13.8 Å². The van der Waals surface area contributed by atoms with Crippen LogP contribution in [-0.4, -0.2) is 31.4 Å². The van der Waals surface area contributed by atoms with Gasteiger partial charge >= 0.3 is 6.09 Å². The molecule has 0 aliphatic heterocycles. The van der Waals surface area contributed by atoms with Crippen LogP contribution in [0.25, 0.3) is 0 Å². The van der Waals surface area contributed by atoms with Gasteiger partial charge in [0.15, 0.2) is 0 Å². The smallest absolute Gasteiger partial charge is 0.433 e. The van der Waals surface area contributed by atoms with Gasteiger partial charge in [-0.1, -0.05) is 0 Å². The average Bonchev–Trinajstić information content (AvgIpc) is 1.89. The van der Waals surface area contributed by atoms with Crippen LogP contribution < -0.4 is 0 Å². The number of hydroxylamine groups is 2. The largest absolute Gasteiger partial charge is 0.448 e. The normalized spacial score (nSPS) is 9.10. The van der Waals surface area contributed by atoms with Gasteiger partial charge in [-0.15, -0.1) is 0 Å². The molecule has 0 aliphatic rings. The molecule has 0 aromatic carbocycles. The fourth-order valence-corrected chi connectivity index (χ4v) is 0.461. The predicted octanol–water partition coefficient (Wildman–Crippen LogP) is 1.03. The number of ether oxygens (including phenoxy) is 1. The Balaban J connectivity index is 3.49. The van der Waals surface area contributed by atoms with Gasteiger partial charge in [0.2, 0.25) is 0 Å². The van der Waals surface area contributed by atoms with Crippen LogP contribution in [0.1, 0.15) is 13.8 Å². The van der Waals surface area contributed by atoms with E-state index in [-0.39, 0.29) is 0 Å². The fourth-order valence-electron chi connectivity index (χ4n) is 0.461. The minimum atomic E-state index is -0.454. The van der Waals surface area contributed by atoms with Crippen LogP contribution in [0.5, 0.6) is 0 Å². The zero-order valence-electron chi connectivity index (χ0n) is 6.59. The fraction of sp³-hybridized carbons (Fsp3) is 0.833. The van der Waals surface area contributed by atoms with Gasteiger partial charge in [0.1, 0.15) is 0 Å². The summed E-state index contributed by atoms with van der Waals surface area (Å²) in [6.45, 7) is 4.39. The van der Waals surface area contributed by atoms with E-state index in [1.807, 2.05) is 0 Å². The van der Waals surface area contributed by atoms with Crippen LogP contribution in [0.15, 0.2) is 0 Å². The highest BCUT2D eigenvalue weighted by Crippen LogP contribution is 1.89. The first kappa shape index (κ1) is 9.23. The SMILES string of the molecule is CCOC(=O)N(C)OCC. The second-order valence-electron chi connectivity index (χ2n) is 1.61. The molecule has 4 heteroatoms. The average molecular weight is 147 g/mol. The Morgan fingerprint density at radius 3 is 2.40 bits per heavy atom. The molecule has 0 unspecified atom stereocenters. The summed E-state index contributed by atoms with van der Waals surface area (Å²) in [5.41, 5.74) is 0. The summed E-state index contributed by atoms with van der Waals surface area (Å²) in [7, 11) is 1.52. The van der Waals surface area contributed by atoms with Gasteiger partial charge in [0.25, 0.3) is 0 Å². The molecule has 0 atom stereocenters. The van der Waals surface area contributed by atoms with Crippen molar-refractivity contribution < 1.29 is 14.4 Å². The van der Waals surface area contributed by atoms with Gasteiger partial charge in [-0.25, -0.2) is 4.79 Å². The molecule has 4 nitrogen and oxygen atoms in total. The Hall–Kier alpha value is -0.770. The third kappa shape index (κ3) is 3.29. The summed E-state index contributed by atoms with van der Waals surface area (Å²) in [5, 5.41) is 1.07. The van der Waals surface area contributed by atoms with Crippen molar-refractivity contribution in [1.82, 2.24) is 5.06 Å². The van der Waals surface area contributed by atoms with Crippen molar-refractivity contribution in [2.75, 3.05) is 20.3 Å². The molecule has 60 valence electrons. The van der Waals surface area contributed by atoms with Gasteiger partial charge in [0.05, 0.1) is 13.2 Å². The molecule has 0 fully saturated rings. The van der Waals surface area contributed by atoms with Crippen molar-refractivity contribution in [3.63, 3.8) is 0 Å². The first-order valence-corrected chi connectivity index (χ1v) is 3.25. The first-order chi connectivity index (χ1) is 4.72. The molecule has 0 aliphatic carbocycles. The Kier molecular flexibility index (Phi) is 4.66. The predicted molar refractivity (Wildman–Crippen MR) is 36.4 cm³/mol. The van der Waals surface area contributed by atoms with E-state index >= 15 is 0 Å². The molecular formula is C6H13NO3. The van der Waals surface area contributed by atoms with Crippen molar-refractivity contribution in [1.29, 1.82) is 0 Å². The summed E-state index contributed by atoms with van der Waals surface area (Å²) in [4.78, 5) is 15.5. The van der Waals surface area contributed by atoms with Crippen molar-refractivity contribution in [2.24, 2.45) is 0 Å². The lowest BCUT2D eigenvalue weighted by atomic mass is 10.8. The second kappa shape index (κ2) is 5.05. The number of hydrogen-bond acceptors (Lipinski definition) is 3. The summed E-state index contributed by atoms with van der Waals surface area (Å²) < 4.78 is 4.62. The highest BCUT2D eigenvalue weighted by molar-refractivity contribution is 5.65. The minimum Gasteiger partial charge on any atom is -0.448 e. The Labute approximate surface area is 60.7 Å². The zero-order chi connectivity index (χ0) is 7.98. The molecule has 0 radical (unpaired) electrons. The van der Waals surface area contributed by atoms with E-state index in [0.29, 0.717) is 13.2 Å². The maximum absolute atomic E-state index is 10.7.